The molecule has 2 aliphatic rings. The van der Waals surface area contributed by atoms with Gasteiger partial charge >= 0.3 is 0 Å². The molecule has 4 nitrogen and oxygen atoms in total. The third-order valence-corrected chi connectivity index (χ3v) is 6.36. The van der Waals surface area contributed by atoms with Crippen molar-refractivity contribution >= 4 is 11.5 Å². The van der Waals surface area contributed by atoms with E-state index < -0.39 is 0 Å². The molecule has 5 heteroatoms. The second kappa shape index (κ2) is 9.43. The highest BCUT2D eigenvalue weighted by atomic mass is 19.1. The molecule has 0 amide bonds. The summed E-state index contributed by atoms with van der Waals surface area (Å²) in [5, 5.41) is 3.61. The lowest BCUT2D eigenvalue weighted by molar-refractivity contribution is 0.0511. The number of rotatable bonds is 4. The molecule has 0 spiro atoms. The second-order valence-corrected chi connectivity index (χ2v) is 8.09. The van der Waals surface area contributed by atoms with Crippen molar-refractivity contribution in [2.75, 3.05) is 39.9 Å². The van der Waals surface area contributed by atoms with Crippen molar-refractivity contribution in [3.63, 3.8) is 0 Å². The Morgan fingerprint density at radius 2 is 1.83 bits per heavy atom. The third kappa shape index (κ3) is 4.57. The lowest BCUT2D eigenvalue weighted by Crippen LogP contribution is -2.50. The molecule has 1 fully saturated rings. The van der Waals surface area contributed by atoms with E-state index in [1.807, 2.05) is 19.2 Å². The molecule has 2 heterocycles. The van der Waals surface area contributed by atoms with Crippen LogP contribution in [0.1, 0.15) is 30.4 Å². The molecule has 0 unspecified atom stereocenters. The maximum absolute atomic E-state index is 13.5. The van der Waals surface area contributed by atoms with Crippen LogP contribution in [0, 0.1) is 5.82 Å². The van der Waals surface area contributed by atoms with Crippen LogP contribution in [0.4, 0.5) is 4.39 Å². The Bertz CT molecular complexity index is 886. The molecule has 1 saturated heterocycles. The van der Waals surface area contributed by atoms with E-state index in [2.05, 4.69) is 51.6 Å². The van der Waals surface area contributed by atoms with Gasteiger partial charge < -0.3 is 15.0 Å². The number of nitrogens with one attached hydrogen (secondary N) is 1. The minimum atomic E-state index is -0.195. The maximum Gasteiger partial charge on any atom is 0.193 e. The van der Waals surface area contributed by atoms with E-state index in [9.17, 15) is 4.39 Å². The number of halogens is 1. The van der Waals surface area contributed by atoms with Gasteiger partial charge in [-0.15, -0.1) is 0 Å². The molecule has 2 aliphatic heterocycles. The van der Waals surface area contributed by atoms with Crippen LogP contribution < -0.4 is 5.32 Å². The molecule has 4 rings (SSSR count). The van der Waals surface area contributed by atoms with Crippen LogP contribution in [0.5, 0.6) is 0 Å². The first-order valence-electron chi connectivity index (χ1n) is 10.7. The van der Waals surface area contributed by atoms with E-state index >= 15 is 0 Å². The van der Waals surface area contributed by atoms with Gasteiger partial charge in [-0.05, 0) is 48.1 Å². The number of hydrogen-bond donors (Lipinski definition) is 1. The van der Waals surface area contributed by atoms with Crippen LogP contribution in [0.15, 0.2) is 65.7 Å². The molecule has 0 atom stereocenters. The van der Waals surface area contributed by atoms with Gasteiger partial charge in [0.15, 0.2) is 5.96 Å². The lowest BCUT2D eigenvalue weighted by Gasteiger charge is -2.39. The molecular weight excluding hydrogens is 377 g/mol. The Hall–Kier alpha value is -2.66. The SMILES string of the molecule is CN=C(NCC1(c2ccc(F)cc2)CCOCC1)N1CC=C(c2ccccc2)CC1. The highest BCUT2D eigenvalue weighted by Gasteiger charge is 2.35. The smallest absolute Gasteiger partial charge is 0.193 e. The highest BCUT2D eigenvalue weighted by molar-refractivity contribution is 5.81. The van der Waals surface area contributed by atoms with E-state index in [1.54, 1.807) is 12.1 Å². The largest absolute Gasteiger partial charge is 0.381 e. The first-order chi connectivity index (χ1) is 14.7. The van der Waals surface area contributed by atoms with Crippen molar-refractivity contribution < 1.29 is 9.13 Å². The first kappa shape index (κ1) is 20.6. The number of ether oxygens (including phenoxy) is 1. The number of hydrogen-bond acceptors (Lipinski definition) is 2. The fourth-order valence-electron chi connectivity index (χ4n) is 4.49. The summed E-state index contributed by atoms with van der Waals surface area (Å²) in [6.07, 6.45) is 5.14. The van der Waals surface area contributed by atoms with Crippen molar-refractivity contribution in [3.8, 4) is 0 Å². The second-order valence-electron chi connectivity index (χ2n) is 8.09. The summed E-state index contributed by atoms with van der Waals surface area (Å²) in [6, 6.07) is 17.5. The standard InChI is InChI=1S/C25H30FN3O/c1-27-24(29-15-11-21(12-16-29)20-5-3-2-4-6-20)28-19-25(13-17-30-18-14-25)22-7-9-23(26)10-8-22/h2-11H,12-19H2,1H3,(H,27,28). The molecule has 1 N–H and O–H groups in total. The Kier molecular flexibility index (Phi) is 6.48. The van der Waals surface area contributed by atoms with Crippen molar-refractivity contribution in [2.45, 2.75) is 24.7 Å². The third-order valence-electron chi connectivity index (χ3n) is 6.36. The zero-order chi connectivity index (χ0) is 20.8. The van der Waals surface area contributed by atoms with Gasteiger partial charge in [-0.1, -0.05) is 48.5 Å². The average molecular weight is 408 g/mol. The fraction of sp³-hybridized carbons (Fsp3) is 0.400. The van der Waals surface area contributed by atoms with Crippen molar-refractivity contribution in [2.24, 2.45) is 4.99 Å². The zero-order valence-electron chi connectivity index (χ0n) is 17.6. The molecular formula is C25H30FN3O. The van der Waals surface area contributed by atoms with E-state index in [-0.39, 0.29) is 11.2 Å². The highest BCUT2D eigenvalue weighted by Crippen LogP contribution is 2.34. The van der Waals surface area contributed by atoms with Crippen molar-refractivity contribution in [1.82, 2.24) is 10.2 Å². The molecule has 0 aliphatic carbocycles. The molecule has 158 valence electrons. The van der Waals surface area contributed by atoms with E-state index in [0.717, 1.165) is 58.1 Å². The van der Waals surface area contributed by atoms with E-state index in [1.165, 1.54) is 16.7 Å². The van der Waals surface area contributed by atoms with Crippen LogP contribution in [-0.2, 0) is 10.2 Å². The van der Waals surface area contributed by atoms with Crippen LogP contribution >= 0.6 is 0 Å². The summed E-state index contributed by atoms with van der Waals surface area (Å²) < 4.78 is 19.1. The van der Waals surface area contributed by atoms with Gasteiger partial charge in [-0.25, -0.2) is 4.39 Å². The summed E-state index contributed by atoms with van der Waals surface area (Å²) in [5.41, 5.74) is 3.80. The summed E-state index contributed by atoms with van der Waals surface area (Å²) in [5.74, 6) is 0.727. The predicted molar refractivity (Wildman–Crippen MR) is 120 cm³/mol. The Morgan fingerprint density at radius 1 is 1.10 bits per heavy atom. The monoisotopic (exact) mass is 407 g/mol. The van der Waals surface area contributed by atoms with Crippen molar-refractivity contribution in [3.05, 3.63) is 77.6 Å². The van der Waals surface area contributed by atoms with Crippen LogP contribution in [0.3, 0.4) is 0 Å². The van der Waals surface area contributed by atoms with Gasteiger partial charge in [0.05, 0.1) is 0 Å². The predicted octanol–water partition coefficient (Wildman–Crippen LogP) is 4.24. The average Bonchev–Trinajstić information content (AvgIpc) is 2.81. The molecule has 0 aromatic heterocycles. The first-order valence-corrected chi connectivity index (χ1v) is 10.7. The van der Waals surface area contributed by atoms with Crippen LogP contribution in [0.2, 0.25) is 0 Å². The van der Waals surface area contributed by atoms with Gasteiger partial charge in [-0.3, -0.25) is 4.99 Å². The Balaban J connectivity index is 1.44. The Morgan fingerprint density at radius 3 is 2.47 bits per heavy atom. The number of aliphatic imine (C=N–C) groups is 1. The van der Waals surface area contributed by atoms with Crippen LogP contribution in [0.25, 0.3) is 5.57 Å². The maximum atomic E-state index is 13.5. The number of guanidine groups is 1. The molecule has 0 bridgehead atoms. The summed E-state index contributed by atoms with van der Waals surface area (Å²) in [6.45, 7) is 4.00. The van der Waals surface area contributed by atoms with E-state index in [0.29, 0.717) is 0 Å². The molecule has 30 heavy (non-hydrogen) atoms. The van der Waals surface area contributed by atoms with Gasteiger partial charge in [0, 0.05) is 45.3 Å². The topological polar surface area (TPSA) is 36.9 Å². The summed E-state index contributed by atoms with van der Waals surface area (Å²) >= 11 is 0. The minimum absolute atomic E-state index is 0.0668. The van der Waals surface area contributed by atoms with E-state index in [4.69, 9.17) is 4.74 Å². The van der Waals surface area contributed by atoms with Gasteiger partial charge in [0.1, 0.15) is 5.82 Å². The molecule has 2 aromatic rings. The number of nitrogens with zero attached hydrogens (tertiary/aromatic N) is 2. The lowest BCUT2D eigenvalue weighted by atomic mass is 9.74. The van der Waals surface area contributed by atoms with Gasteiger partial charge in [-0.2, -0.15) is 0 Å². The van der Waals surface area contributed by atoms with Gasteiger partial charge in [0.25, 0.3) is 0 Å². The van der Waals surface area contributed by atoms with Crippen LogP contribution in [-0.4, -0.2) is 50.8 Å². The fourth-order valence-corrected chi connectivity index (χ4v) is 4.49. The molecule has 0 radical (unpaired) electrons. The van der Waals surface area contributed by atoms with Crippen molar-refractivity contribution in [1.29, 1.82) is 0 Å². The molecule has 0 saturated carbocycles. The zero-order valence-corrected chi connectivity index (χ0v) is 17.6. The Labute approximate surface area is 178 Å². The van der Waals surface area contributed by atoms with Gasteiger partial charge in [0.2, 0.25) is 0 Å². The summed E-state index contributed by atoms with van der Waals surface area (Å²) in [4.78, 5) is 6.84. The quantitative estimate of drug-likeness (QED) is 0.608. The number of benzene rings is 2. The molecule has 2 aromatic carbocycles. The summed E-state index contributed by atoms with van der Waals surface area (Å²) in [7, 11) is 1.84. The minimum Gasteiger partial charge on any atom is -0.381 e. The normalized spacial score (nSPS) is 19.3.